The molecule has 2 heterocycles. The Morgan fingerprint density at radius 2 is 2.04 bits per heavy atom. The first kappa shape index (κ1) is 16.9. The number of ether oxygens (including phenoxy) is 1. The number of hydrogen-bond acceptors (Lipinski definition) is 5. The number of aromatic nitrogens is 2. The first-order valence-corrected chi connectivity index (χ1v) is 9.05. The van der Waals surface area contributed by atoms with Crippen LogP contribution in [0.25, 0.3) is 10.9 Å². The van der Waals surface area contributed by atoms with E-state index in [2.05, 4.69) is 6.92 Å². The minimum absolute atomic E-state index is 0.0328. The van der Waals surface area contributed by atoms with Gasteiger partial charge in [0, 0.05) is 19.1 Å². The van der Waals surface area contributed by atoms with Crippen LogP contribution in [0.15, 0.2) is 15.7 Å². The molecule has 0 unspecified atom stereocenters. The number of rotatable bonds is 4. The Kier molecular flexibility index (Phi) is 3.93. The van der Waals surface area contributed by atoms with Crippen LogP contribution in [0, 0.1) is 11.7 Å². The predicted molar refractivity (Wildman–Crippen MR) is 98.0 cm³/mol. The van der Waals surface area contributed by atoms with Gasteiger partial charge in [0.05, 0.1) is 12.5 Å². The Morgan fingerprint density at radius 1 is 1.31 bits per heavy atom. The van der Waals surface area contributed by atoms with Crippen LogP contribution in [0.5, 0.6) is 5.75 Å². The van der Waals surface area contributed by atoms with Gasteiger partial charge >= 0.3 is 5.69 Å². The number of halogens is 1. The lowest BCUT2D eigenvalue weighted by Gasteiger charge is -2.24. The van der Waals surface area contributed by atoms with E-state index in [-0.39, 0.29) is 17.2 Å². The van der Waals surface area contributed by atoms with Crippen molar-refractivity contribution in [1.29, 1.82) is 0 Å². The first-order chi connectivity index (χ1) is 12.5. The van der Waals surface area contributed by atoms with Crippen LogP contribution in [0.4, 0.5) is 10.1 Å². The van der Waals surface area contributed by atoms with Gasteiger partial charge in [-0.25, -0.2) is 9.18 Å². The van der Waals surface area contributed by atoms with Crippen molar-refractivity contribution in [2.24, 2.45) is 5.92 Å². The third-order valence-electron chi connectivity index (χ3n) is 5.58. The predicted octanol–water partition coefficient (Wildman–Crippen LogP) is 1.60. The third-order valence-corrected chi connectivity index (χ3v) is 5.58. The molecule has 1 saturated carbocycles. The molecule has 1 aromatic carbocycles. The molecule has 1 aliphatic carbocycles. The highest BCUT2D eigenvalue weighted by molar-refractivity contribution is 5.91. The zero-order valence-electron chi connectivity index (χ0n) is 15.0. The van der Waals surface area contributed by atoms with Crippen LogP contribution < -0.4 is 26.7 Å². The molecule has 2 fully saturated rings. The van der Waals surface area contributed by atoms with E-state index in [9.17, 15) is 9.59 Å². The van der Waals surface area contributed by atoms with E-state index < -0.39 is 17.1 Å². The summed E-state index contributed by atoms with van der Waals surface area (Å²) in [6, 6.07) is 1.16. The quantitative estimate of drug-likeness (QED) is 0.836. The van der Waals surface area contributed by atoms with Gasteiger partial charge in [0.1, 0.15) is 11.2 Å². The Balaban J connectivity index is 2.05. The normalized spacial score (nSPS) is 20.1. The molecular formula is C18H23FN4O3. The average molecular weight is 362 g/mol. The van der Waals surface area contributed by atoms with E-state index in [1.165, 1.54) is 17.7 Å². The highest BCUT2D eigenvalue weighted by Crippen LogP contribution is 2.43. The second-order valence-corrected chi connectivity index (χ2v) is 7.20. The zero-order valence-corrected chi connectivity index (χ0v) is 15.0. The minimum atomic E-state index is -0.710. The number of hydrogen-bond donors (Lipinski definition) is 1. The second kappa shape index (κ2) is 6.03. The van der Waals surface area contributed by atoms with Crippen LogP contribution in [0.2, 0.25) is 0 Å². The van der Waals surface area contributed by atoms with Crippen LogP contribution in [-0.2, 0) is 0 Å². The molecule has 7 nitrogen and oxygen atoms in total. The van der Waals surface area contributed by atoms with Gasteiger partial charge in [-0.3, -0.25) is 9.36 Å². The lowest BCUT2D eigenvalue weighted by atomic mass is 10.1. The molecule has 1 aromatic heterocycles. The smallest absolute Gasteiger partial charge is 0.350 e. The number of nitrogens with zero attached hydrogens (tertiary/aromatic N) is 3. The van der Waals surface area contributed by atoms with Crippen molar-refractivity contribution in [2.75, 3.05) is 30.9 Å². The van der Waals surface area contributed by atoms with Crippen molar-refractivity contribution in [3.05, 3.63) is 32.7 Å². The van der Waals surface area contributed by atoms with Gasteiger partial charge in [-0.05, 0) is 31.2 Å². The summed E-state index contributed by atoms with van der Waals surface area (Å²) < 4.78 is 22.6. The Hall–Kier alpha value is -2.51. The number of anilines is 1. The van der Waals surface area contributed by atoms with Crippen molar-refractivity contribution in [2.45, 2.75) is 38.6 Å². The van der Waals surface area contributed by atoms with Gasteiger partial charge < -0.3 is 15.5 Å². The molecule has 1 saturated heterocycles. The van der Waals surface area contributed by atoms with Crippen molar-refractivity contribution in [3.63, 3.8) is 0 Å². The van der Waals surface area contributed by atoms with E-state index in [0.29, 0.717) is 21.8 Å². The first-order valence-electron chi connectivity index (χ1n) is 9.05. The third kappa shape index (κ3) is 2.39. The number of methoxy groups -OCH3 is 1. The standard InChI is InChI=1S/C18H23FN4O3/c1-3-10-6-7-21(9-10)15-13(19)8-12-14(16(15)26-2)22(11-4-5-11)18(25)23(20)17(12)24/h8,10-11H,3-7,9,20H2,1-2H3/t10-/m0/s1. The lowest BCUT2D eigenvalue weighted by Crippen LogP contribution is -2.44. The van der Waals surface area contributed by atoms with Crippen LogP contribution in [-0.4, -0.2) is 29.4 Å². The fourth-order valence-electron chi connectivity index (χ4n) is 3.97. The van der Waals surface area contributed by atoms with Crippen LogP contribution in [0.3, 0.4) is 0 Å². The van der Waals surface area contributed by atoms with Crippen LogP contribution in [0.1, 0.15) is 38.6 Å². The maximum absolute atomic E-state index is 15.0. The summed E-state index contributed by atoms with van der Waals surface area (Å²) in [5.41, 5.74) is -0.616. The summed E-state index contributed by atoms with van der Waals surface area (Å²) >= 11 is 0. The number of nitrogens with two attached hydrogens (primary N) is 1. The molecule has 2 N–H and O–H groups in total. The topological polar surface area (TPSA) is 82.5 Å². The Morgan fingerprint density at radius 3 is 2.62 bits per heavy atom. The summed E-state index contributed by atoms with van der Waals surface area (Å²) in [7, 11) is 1.45. The Bertz CT molecular complexity index is 993. The molecule has 8 heteroatoms. The second-order valence-electron chi connectivity index (χ2n) is 7.20. The van der Waals surface area contributed by atoms with Crippen LogP contribution >= 0.6 is 0 Å². The van der Waals surface area contributed by atoms with Crippen molar-refractivity contribution in [1.82, 2.24) is 9.24 Å². The zero-order chi connectivity index (χ0) is 18.6. The van der Waals surface area contributed by atoms with Gasteiger partial charge in [0.25, 0.3) is 5.56 Å². The van der Waals surface area contributed by atoms with Gasteiger partial charge in [-0.15, -0.1) is 0 Å². The molecule has 0 radical (unpaired) electrons. The van der Waals surface area contributed by atoms with E-state index >= 15 is 4.39 Å². The van der Waals surface area contributed by atoms with Crippen molar-refractivity contribution in [3.8, 4) is 5.75 Å². The molecule has 0 amide bonds. The monoisotopic (exact) mass is 362 g/mol. The van der Waals surface area contributed by atoms with Gasteiger partial charge in [-0.1, -0.05) is 13.3 Å². The molecule has 1 atom stereocenters. The maximum atomic E-state index is 15.0. The molecule has 140 valence electrons. The molecule has 0 bridgehead atoms. The molecule has 26 heavy (non-hydrogen) atoms. The van der Waals surface area contributed by atoms with Crippen molar-refractivity contribution >= 4 is 16.6 Å². The number of benzene rings is 1. The fourth-order valence-corrected chi connectivity index (χ4v) is 3.97. The lowest BCUT2D eigenvalue weighted by molar-refractivity contribution is 0.412. The highest BCUT2D eigenvalue weighted by atomic mass is 19.1. The largest absolute Gasteiger partial charge is 0.492 e. The van der Waals surface area contributed by atoms with E-state index in [1.54, 1.807) is 0 Å². The summed E-state index contributed by atoms with van der Waals surface area (Å²) in [5.74, 6) is 5.87. The fraction of sp³-hybridized carbons (Fsp3) is 0.556. The van der Waals surface area contributed by atoms with Gasteiger partial charge in [0.15, 0.2) is 11.6 Å². The average Bonchev–Trinajstić information content (AvgIpc) is 3.36. The summed E-state index contributed by atoms with van der Waals surface area (Å²) in [6.45, 7) is 3.58. The van der Waals surface area contributed by atoms with Gasteiger partial charge in [-0.2, -0.15) is 4.68 Å². The SMILES string of the molecule is CC[C@H]1CCN(c2c(F)cc3c(=O)n(N)c(=O)n(C4CC4)c3c2OC)C1. The number of nitrogen functional groups attached to an aromatic ring is 1. The van der Waals surface area contributed by atoms with E-state index in [1.807, 2.05) is 4.90 Å². The molecule has 2 aliphatic rings. The summed E-state index contributed by atoms with van der Waals surface area (Å²) in [5, 5.41) is 0.0725. The summed E-state index contributed by atoms with van der Waals surface area (Å²) in [6.07, 6.45) is 3.66. The highest BCUT2D eigenvalue weighted by Gasteiger charge is 2.33. The molecular weight excluding hydrogens is 339 g/mol. The maximum Gasteiger partial charge on any atom is 0.350 e. The molecule has 2 aromatic rings. The minimum Gasteiger partial charge on any atom is -0.492 e. The van der Waals surface area contributed by atoms with E-state index in [4.69, 9.17) is 10.6 Å². The molecule has 4 rings (SSSR count). The Labute approximate surface area is 149 Å². The van der Waals surface area contributed by atoms with E-state index in [0.717, 1.165) is 38.8 Å². The molecule has 0 spiro atoms. The summed E-state index contributed by atoms with van der Waals surface area (Å²) in [4.78, 5) is 27.0. The van der Waals surface area contributed by atoms with Crippen molar-refractivity contribution < 1.29 is 9.13 Å². The number of fused-ring (bicyclic) bond motifs is 1. The van der Waals surface area contributed by atoms with Gasteiger partial charge in [0.2, 0.25) is 0 Å². The molecule has 1 aliphatic heterocycles.